The first-order valence-corrected chi connectivity index (χ1v) is 9.58. The molecule has 0 aromatic heterocycles. The fourth-order valence-electron chi connectivity index (χ4n) is 4.31. The van der Waals surface area contributed by atoms with Gasteiger partial charge in [-0.25, -0.2) is 0 Å². The summed E-state index contributed by atoms with van der Waals surface area (Å²) in [6.07, 6.45) is 3.47. The fraction of sp³-hybridized carbons (Fsp3) is 0.714. The molecular formula is C21H34N2O. The largest absolute Gasteiger partial charge is 0.366 e. The lowest BCUT2D eigenvalue weighted by Gasteiger charge is -2.54. The Kier molecular flexibility index (Phi) is 5.33. The van der Waals surface area contributed by atoms with Crippen LogP contribution in [0.25, 0.3) is 0 Å². The molecule has 0 unspecified atom stereocenters. The van der Waals surface area contributed by atoms with Crippen LogP contribution >= 0.6 is 0 Å². The van der Waals surface area contributed by atoms with Crippen LogP contribution in [0.3, 0.4) is 0 Å². The first-order chi connectivity index (χ1) is 11.4. The van der Waals surface area contributed by atoms with Crippen molar-refractivity contribution in [3.63, 3.8) is 0 Å². The van der Waals surface area contributed by atoms with Gasteiger partial charge in [-0.15, -0.1) is 0 Å². The van der Waals surface area contributed by atoms with Crippen LogP contribution in [0.15, 0.2) is 30.3 Å². The van der Waals surface area contributed by atoms with Crippen molar-refractivity contribution in [2.75, 3.05) is 32.7 Å². The van der Waals surface area contributed by atoms with E-state index in [1.165, 1.54) is 5.56 Å². The minimum Gasteiger partial charge on any atom is -0.366 e. The predicted molar refractivity (Wildman–Crippen MR) is 100 cm³/mol. The molecule has 2 heterocycles. The van der Waals surface area contributed by atoms with Crippen molar-refractivity contribution >= 4 is 0 Å². The maximum atomic E-state index is 6.63. The lowest BCUT2D eigenvalue weighted by atomic mass is 9.86. The van der Waals surface area contributed by atoms with Crippen LogP contribution in [0.5, 0.6) is 0 Å². The summed E-state index contributed by atoms with van der Waals surface area (Å²) in [5.41, 5.74) is 1.48. The molecular weight excluding hydrogens is 296 g/mol. The molecule has 0 aliphatic carbocycles. The van der Waals surface area contributed by atoms with Crippen molar-refractivity contribution in [1.29, 1.82) is 0 Å². The first-order valence-electron chi connectivity index (χ1n) is 9.58. The highest BCUT2D eigenvalue weighted by Gasteiger charge is 2.46. The molecule has 3 nitrogen and oxygen atoms in total. The van der Waals surface area contributed by atoms with Crippen molar-refractivity contribution in [2.24, 2.45) is 0 Å². The van der Waals surface area contributed by atoms with E-state index in [4.69, 9.17) is 4.74 Å². The van der Waals surface area contributed by atoms with Crippen LogP contribution in [-0.2, 0) is 11.2 Å². The number of morpholine rings is 1. The highest BCUT2D eigenvalue weighted by Crippen LogP contribution is 2.37. The van der Waals surface area contributed by atoms with E-state index < -0.39 is 0 Å². The van der Waals surface area contributed by atoms with Gasteiger partial charge in [-0.05, 0) is 52.5 Å². The molecule has 1 aromatic rings. The molecule has 0 N–H and O–H groups in total. The number of nitrogens with zero attached hydrogens (tertiary/aromatic N) is 2. The van der Waals surface area contributed by atoms with Gasteiger partial charge in [0, 0.05) is 38.8 Å². The molecule has 3 rings (SSSR count). The molecule has 0 saturated carbocycles. The molecule has 0 radical (unpaired) electrons. The van der Waals surface area contributed by atoms with Crippen molar-refractivity contribution in [1.82, 2.24) is 9.80 Å². The van der Waals surface area contributed by atoms with Crippen LogP contribution < -0.4 is 0 Å². The summed E-state index contributed by atoms with van der Waals surface area (Å²) in [5.74, 6) is 0. The fourth-order valence-corrected chi connectivity index (χ4v) is 4.31. The van der Waals surface area contributed by atoms with Gasteiger partial charge in [-0.2, -0.15) is 0 Å². The van der Waals surface area contributed by atoms with E-state index in [0.29, 0.717) is 6.04 Å². The van der Waals surface area contributed by atoms with Gasteiger partial charge in [0.25, 0.3) is 0 Å². The van der Waals surface area contributed by atoms with Crippen molar-refractivity contribution < 1.29 is 4.74 Å². The molecule has 0 atom stereocenters. The molecule has 0 amide bonds. The number of ether oxygens (including phenoxy) is 1. The van der Waals surface area contributed by atoms with Gasteiger partial charge in [0.15, 0.2) is 0 Å². The molecule has 2 fully saturated rings. The highest BCUT2D eigenvalue weighted by atomic mass is 16.5. The average molecular weight is 331 g/mol. The van der Waals surface area contributed by atoms with Gasteiger partial charge < -0.3 is 9.64 Å². The monoisotopic (exact) mass is 330 g/mol. The minimum atomic E-state index is -0.0330. The van der Waals surface area contributed by atoms with Crippen molar-refractivity contribution in [3.8, 4) is 0 Å². The third-order valence-corrected chi connectivity index (χ3v) is 5.63. The molecule has 1 aromatic carbocycles. The summed E-state index contributed by atoms with van der Waals surface area (Å²) in [6.45, 7) is 14.8. The Morgan fingerprint density at radius 2 is 1.71 bits per heavy atom. The molecule has 1 spiro atoms. The lowest BCUT2D eigenvalue weighted by molar-refractivity contribution is -0.217. The van der Waals surface area contributed by atoms with E-state index in [0.717, 1.165) is 52.0 Å². The van der Waals surface area contributed by atoms with Gasteiger partial charge in [0.1, 0.15) is 0 Å². The molecule has 0 bridgehead atoms. The van der Waals surface area contributed by atoms with Crippen LogP contribution in [-0.4, -0.2) is 59.8 Å². The second-order valence-corrected chi connectivity index (χ2v) is 8.62. The highest BCUT2D eigenvalue weighted by molar-refractivity contribution is 5.15. The zero-order valence-electron chi connectivity index (χ0n) is 15.9. The van der Waals surface area contributed by atoms with Crippen LogP contribution in [0.1, 0.15) is 46.1 Å². The Bertz CT molecular complexity index is 518. The molecule has 2 aliphatic rings. The number of benzene rings is 1. The van der Waals surface area contributed by atoms with Crippen LogP contribution in [0.2, 0.25) is 0 Å². The third kappa shape index (κ3) is 4.38. The summed E-state index contributed by atoms with van der Waals surface area (Å²) in [6, 6.07) is 11.4. The molecule has 24 heavy (non-hydrogen) atoms. The van der Waals surface area contributed by atoms with E-state index in [9.17, 15) is 0 Å². The van der Waals surface area contributed by atoms with E-state index >= 15 is 0 Å². The average Bonchev–Trinajstić information content (AvgIpc) is 2.54. The minimum absolute atomic E-state index is 0.0330. The smallest absolute Gasteiger partial charge is 0.0841 e. The van der Waals surface area contributed by atoms with E-state index in [2.05, 4.69) is 67.8 Å². The van der Waals surface area contributed by atoms with Crippen LogP contribution in [0.4, 0.5) is 0 Å². The molecule has 3 heteroatoms. The van der Waals surface area contributed by atoms with E-state index in [-0.39, 0.29) is 11.2 Å². The van der Waals surface area contributed by atoms with Gasteiger partial charge in [0.2, 0.25) is 0 Å². The molecule has 2 saturated heterocycles. The zero-order chi connectivity index (χ0) is 17.2. The lowest BCUT2D eigenvalue weighted by Crippen LogP contribution is -2.63. The van der Waals surface area contributed by atoms with Gasteiger partial charge >= 0.3 is 0 Å². The van der Waals surface area contributed by atoms with Gasteiger partial charge in [0.05, 0.1) is 11.2 Å². The number of hydrogen-bond donors (Lipinski definition) is 0. The predicted octanol–water partition coefficient (Wildman–Crippen LogP) is 3.58. The Morgan fingerprint density at radius 1 is 1.04 bits per heavy atom. The summed E-state index contributed by atoms with van der Waals surface area (Å²) in [7, 11) is 0. The van der Waals surface area contributed by atoms with Gasteiger partial charge in [-0.3, -0.25) is 4.90 Å². The summed E-state index contributed by atoms with van der Waals surface area (Å²) in [5, 5.41) is 0. The van der Waals surface area contributed by atoms with E-state index in [1.54, 1.807) is 0 Å². The first kappa shape index (κ1) is 17.9. The Balaban J connectivity index is 1.55. The zero-order valence-corrected chi connectivity index (χ0v) is 15.9. The maximum Gasteiger partial charge on any atom is 0.0841 e. The summed E-state index contributed by atoms with van der Waals surface area (Å²) >= 11 is 0. The van der Waals surface area contributed by atoms with Crippen molar-refractivity contribution in [3.05, 3.63) is 35.9 Å². The number of likely N-dealkylation sites (tertiary alicyclic amines) is 1. The Labute approximate surface area is 148 Å². The third-order valence-electron chi connectivity index (χ3n) is 5.63. The number of hydrogen-bond acceptors (Lipinski definition) is 3. The standard InChI is InChI=1S/C21H34N2O/c1-18(2)23-16-20(3,4)24-21(17-23)11-14-22(15-12-21)13-10-19-8-6-5-7-9-19/h5-9,18H,10-17H2,1-4H3. The van der Waals surface area contributed by atoms with Crippen molar-refractivity contribution in [2.45, 2.75) is 64.2 Å². The second kappa shape index (κ2) is 7.15. The van der Waals surface area contributed by atoms with Gasteiger partial charge in [-0.1, -0.05) is 30.3 Å². The topological polar surface area (TPSA) is 15.7 Å². The Morgan fingerprint density at radius 3 is 2.33 bits per heavy atom. The number of rotatable bonds is 4. The summed E-state index contributed by atoms with van der Waals surface area (Å²) in [4.78, 5) is 5.23. The summed E-state index contributed by atoms with van der Waals surface area (Å²) < 4.78 is 6.63. The quantitative estimate of drug-likeness (QED) is 0.839. The number of piperidine rings is 1. The van der Waals surface area contributed by atoms with Crippen LogP contribution in [0, 0.1) is 0 Å². The maximum absolute atomic E-state index is 6.63. The second-order valence-electron chi connectivity index (χ2n) is 8.62. The molecule has 2 aliphatic heterocycles. The SMILES string of the molecule is CC(C)N1CC(C)(C)OC2(CCN(CCc3ccccc3)CC2)C1. The Hall–Kier alpha value is -0.900. The van der Waals surface area contributed by atoms with E-state index in [1.807, 2.05) is 0 Å². The normalized spacial score (nSPS) is 24.5. The molecule has 134 valence electrons.